The number of ether oxygens (including phenoxy) is 1. The van der Waals surface area contributed by atoms with Gasteiger partial charge < -0.3 is 14.9 Å². The van der Waals surface area contributed by atoms with Crippen LogP contribution in [-0.4, -0.2) is 38.4 Å². The zero-order chi connectivity index (χ0) is 20.9. The van der Waals surface area contributed by atoms with E-state index in [1.54, 1.807) is 0 Å². The van der Waals surface area contributed by atoms with Crippen molar-refractivity contribution in [3.8, 4) is 0 Å². The number of hydrogen-bond acceptors (Lipinski definition) is 10. The second kappa shape index (κ2) is 7.54. The maximum absolute atomic E-state index is 12.3. The standard InChI is InChI=1S/C20H14N2O4S4/c23-9-20(15(27)17-21-10-5-1-3-7-12(10)28-17)16(14(24)18(25)26-20)30-19-22-11-6-2-4-8-13(11)29-19/h1-8,15,23-24,27H,9H2. The van der Waals surface area contributed by atoms with Crippen LogP contribution in [0.25, 0.3) is 20.4 Å². The van der Waals surface area contributed by atoms with Crippen molar-refractivity contribution in [1.82, 2.24) is 9.97 Å². The lowest BCUT2D eigenvalue weighted by Gasteiger charge is -2.31. The van der Waals surface area contributed by atoms with E-state index < -0.39 is 29.2 Å². The van der Waals surface area contributed by atoms with Crippen LogP contribution in [0.2, 0.25) is 0 Å². The van der Waals surface area contributed by atoms with E-state index in [1.165, 1.54) is 22.7 Å². The van der Waals surface area contributed by atoms with Gasteiger partial charge in [0.25, 0.3) is 0 Å². The van der Waals surface area contributed by atoms with Gasteiger partial charge in [0.15, 0.2) is 9.94 Å². The highest BCUT2D eigenvalue weighted by Crippen LogP contribution is 2.52. The summed E-state index contributed by atoms with van der Waals surface area (Å²) in [7, 11) is 0. The van der Waals surface area contributed by atoms with Gasteiger partial charge in [0.2, 0.25) is 5.76 Å². The van der Waals surface area contributed by atoms with Crippen LogP contribution in [0.4, 0.5) is 0 Å². The number of aliphatic hydroxyl groups is 2. The highest BCUT2D eigenvalue weighted by Gasteiger charge is 2.54. The summed E-state index contributed by atoms with van der Waals surface area (Å²) < 4.78 is 8.07. The summed E-state index contributed by atoms with van der Waals surface area (Å²) in [4.78, 5) is 21.6. The molecule has 2 atom stereocenters. The van der Waals surface area contributed by atoms with Crippen molar-refractivity contribution >= 4 is 73.5 Å². The Morgan fingerprint density at radius 3 is 2.33 bits per heavy atom. The predicted molar refractivity (Wildman–Crippen MR) is 122 cm³/mol. The fourth-order valence-corrected chi connectivity index (χ4v) is 7.13. The molecule has 6 nitrogen and oxygen atoms in total. The first kappa shape index (κ1) is 19.8. The highest BCUT2D eigenvalue weighted by molar-refractivity contribution is 8.05. The molecule has 3 heterocycles. The van der Waals surface area contributed by atoms with Crippen LogP contribution in [0.5, 0.6) is 0 Å². The summed E-state index contributed by atoms with van der Waals surface area (Å²) in [5.74, 6) is -1.43. The molecule has 0 saturated carbocycles. The number of thiazole rings is 2. The second-order valence-corrected chi connectivity index (χ2v) is 10.5. The van der Waals surface area contributed by atoms with Gasteiger partial charge >= 0.3 is 5.97 Å². The number of carbonyl (C=O) groups excluding carboxylic acids is 1. The molecule has 0 saturated heterocycles. The number of benzene rings is 2. The molecule has 0 aliphatic carbocycles. The number of thiol groups is 1. The van der Waals surface area contributed by atoms with Crippen molar-refractivity contribution in [2.45, 2.75) is 15.2 Å². The second-order valence-electron chi connectivity index (χ2n) is 6.59. The Hall–Kier alpha value is -2.11. The maximum Gasteiger partial charge on any atom is 0.375 e. The average Bonchev–Trinajstić information content (AvgIpc) is 3.43. The molecule has 4 aromatic rings. The molecule has 152 valence electrons. The molecule has 10 heteroatoms. The maximum atomic E-state index is 12.3. The third kappa shape index (κ3) is 3.10. The lowest BCUT2D eigenvalue weighted by atomic mass is 10.0. The number of hydrogen-bond donors (Lipinski definition) is 3. The number of esters is 1. The number of rotatable bonds is 5. The molecule has 5 rings (SSSR count). The van der Waals surface area contributed by atoms with Crippen LogP contribution in [0, 0.1) is 0 Å². The van der Waals surface area contributed by atoms with Crippen molar-refractivity contribution in [1.29, 1.82) is 0 Å². The fraction of sp³-hybridized carbons (Fsp3) is 0.150. The first-order valence-electron chi connectivity index (χ1n) is 8.87. The van der Waals surface area contributed by atoms with Gasteiger partial charge in [-0.1, -0.05) is 36.0 Å². The van der Waals surface area contributed by atoms with Gasteiger partial charge in [0, 0.05) is 0 Å². The van der Waals surface area contributed by atoms with Crippen molar-refractivity contribution in [2.75, 3.05) is 6.61 Å². The molecular weight excluding hydrogens is 460 g/mol. The Balaban J connectivity index is 1.57. The summed E-state index contributed by atoms with van der Waals surface area (Å²) in [5, 5.41) is 20.6. The van der Waals surface area contributed by atoms with E-state index in [0.717, 1.165) is 32.2 Å². The number of aliphatic hydroxyl groups excluding tert-OH is 2. The average molecular weight is 475 g/mol. The minimum atomic E-state index is -1.55. The molecular formula is C20H14N2O4S4. The van der Waals surface area contributed by atoms with E-state index in [4.69, 9.17) is 4.74 Å². The third-order valence-electron chi connectivity index (χ3n) is 4.75. The quantitative estimate of drug-likeness (QED) is 0.285. The van der Waals surface area contributed by atoms with Gasteiger partial charge in [-0.15, -0.1) is 22.7 Å². The molecule has 2 N–H and O–H groups in total. The fourth-order valence-electron chi connectivity index (χ4n) is 3.25. The number of fused-ring (bicyclic) bond motifs is 2. The Labute approximate surface area is 188 Å². The van der Waals surface area contributed by atoms with Crippen LogP contribution in [0.15, 0.2) is 63.5 Å². The van der Waals surface area contributed by atoms with Gasteiger partial charge in [0.05, 0.1) is 31.9 Å². The van der Waals surface area contributed by atoms with Gasteiger partial charge in [-0.3, -0.25) is 0 Å². The summed E-state index contributed by atoms with van der Waals surface area (Å²) in [6.07, 6.45) is 0. The molecule has 0 amide bonds. The molecule has 0 radical (unpaired) electrons. The van der Waals surface area contributed by atoms with Crippen molar-refractivity contribution in [2.24, 2.45) is 0 Å². The molecule has 0 spiro atoms. The van der Waals surface area contributed by atoms with Crippen molar-refractivity contribution in [3.05, 3.63) is 64.2 Å². The van der Waals surface area contributed by atoms with E-state index >= 15 is 0 Å². The molecule has 30 heavy (non-hydrogen) atoms. The van der Waals surface area contributed by atoms with Gasteiger partial charge in [-0.05, 0) is 24.3 Å². The summed E-state index contributed by atoms with van der Waals surface area (Å²) in [5.41, 5.74) is 0.0572. The molecule has 2 unspecified atom stereocenters. The van der Waals surface area contributed by atoms with Crippen LogP contribution in [-0.2, 0) is 9.53 Å². The summed E-state index contributed by atoms with van der Waals surface area (Å²) >= 11 is 8.63. The third-order valence-corrected chi connectivity index (χ3v) is 9.03. The number of cyclic esters (lactones) is 1. The molecule has 0 fully saturated rings. The van der Waals surface area contributed by atoms with E-state index in [1.807, 2.05) is 48.5 Å². The predicted octanol–water partition coefficient (Wildman–Crippen LogP) is 4.73. The zero-order valence-corrected chi connectivity index (χ0v) is 18.5. The lowest BCUT2D eigenvalue weighted by Crippen LogP contribution is -2.40. The van der Waals surface area contributed by atoms with E-state index in [0.29, 0.717) is 9.35 Å². The van der Waals surface area contributed by atoms with Gasteiger partial charge in [-0.25, -0.2) is 14.8 Å². The van der Waals surface area contributed by atoms with E-state index in [2.05, 4.69) is 22.6 Å². The normalized spacial score (nSPS) is 20.3. The minimum absolute atomic E-state index is 0.188. The Kier molecular flexibility index (Phi) is 4.98. The van der Waals surface area contributed by atoms with Crippen LogP contribution >= 0.6 is 47.1 Å². The number of para-hydroxylation sites is 2. The smallest absolute Gasteiger partial charge is 0.375 e. The molecule has 2 aromatic carbocycles. The molecule has 2 aromatic heterocycles. The highest BCUT2D eigenvalue weighted by atomic mass is 32.2. The minimum Gasteiger partial charge on any atom is -0.501 e. The monoisotopic (exact) mass is 474 g/mol. The van der Waals surface area contributed by atoms with Crippen molar-refractivity contribution in [3.63, 3.8) is 0 Å². The van der Waals surface area contributed by atoms with Gasteiger partial charge in [0.1, 0.15) is 10.3 Å². The lowest BCUT2D eigenvalue weighted by molar-refractivity contribution is -0.151. The number of aromatic nitrogens is 2. The number of nitrogens with zero attached hydrogens (tertiary/aromatic N) is 2. The van der Waals surface area contributed by atoms with Crippen molar-refractivity contribution < 1.29 is 19.7 Å². The topological polar surface area (TPSA) is 92.5 Å². The SMILES string of the molecule is O=C1OC(CO)(C(S)c2nc3ccccc3s2)C(Sc2nc3ccccc3s2)=C1O. The summed E-state index contributed by atoms with van der Waals surface area (Å²) in [6.45, 7) is -0.555. The molecule has 1 aliphatic heterocycles. The zero-order valence-electron chi connectivity index (χ0n) is 15.2. The Bertz CT molecular complexity index is 1250. The van der Waals surface area contributed by atoms with Crippen LogP contribution in [0.3, 0.4) is 0 Å². The van der Waals surface area contributed by atoms with E-state index in [-0.39, 0.29) is 4.91 Å². The first-order valence-corrected chi connectivity index (χ1v) is 11.8. The van der Waals surface area contributed by atoms with E-state index in [9.17, 15) is 15.0 Å². The Morgan fingerprint density at radius 2 is 1.70 bits per heavy atom. The van der Waals surface area contributed by atoms with Gasteiger partial charge in [-0.2, -0.15) is 12.6 Å². The van der Waals surface area contributed by atoms with Crippen LogP contribution < -0.4 is 0 Å². The summed E-state index contributed by atoms with van der Waals surface area (Å²) in [6, 6.07) is 15.3. The largest absolute Gasteiger partial charge is 0.501 e. The number of carbonyl (C=O) groups is 1. The van der Waals surface area contributed by atoms with Crippen LogP contribution in [0.1, 0.15) is 10.3 Å². The Morgan fingerprint density at radius 1 is 1.07 bits per heavy atom. The number of thioether (sulfide) groups is 1. The molecule has 1 aliphatic rings. The first-order chi connectivity index (χ1) is 14.5. The molecule has 0 bridgehead atoms.